The standard InChI is InChI=1S/C23H13Cl2NO/c24-21-7-3-6-20(23(21)25)22-11-10-19(27-22)13-18(14-26)17-9-8-15-4-1-2-5-16(15)12-17/h1-13H. The number of allylic oxidation sites excluding steroid dienone is 1. The van der Waals surface area contributed by atoms with Gasteiger partial charge in [0.05, 0.1) is 21.7 Å². The Hall–Kier alpha value is -2.99. The van der Waals surface area contributed by atoms with Gasteiger partial charge < -0.3 is 4.42 Å². The molecule has 4 aromatic rings. The molecule has 0 N–H and O–H groups in total. The molecule has 0 aliphatic heterocycles. The molecule has 0 fully saturated rings. The van der Waals surface area contributed by atoms with E-state index in [0.717, 1.165) is 16.3 Å². The first-order valence-electron chi connectivity index (χ1n) is 8.31. The van der Waals surface area contributed by atoms with Crippen molar-refractivity contribution in [3.8, 4) is 17.4 Å². The number of benzene rings is 3. The molecule has 0 saturated carbocycles. The Balaban J connectivity index is 1.72. The average molecular weight is 390 g/mol. The van der Waals surface area contributed by atoms with Gasteiger partial charge in [0.1, 0.15) is 11.5 Å². The molecule has 0 aliphatic rings. The highest BCUT2D eigenvalue weighted by Gasteiger charge is 2.11. The minimum atomic E-state index is 0.444. The predicted molar refractivity (Wildman–Crippen MR) is 112 cm³/mol. The Morgan fingerprint density at radius 2 is 1.70 bits per heavy atom. The van der Waals surface area contributed by atoms with Crippen LogP contribution in [-0.4, -0.2) is 0 Å². The summed E-state index contributed by atoms with van der Waals surface area (Å²) in [4.78, 5) is 0. The van der Waals surface area contributed by atoms with Crippen molar-refractivity contribution in [1.29, 1.82) is 5.26 Å². The molecular weight excluding hydrogens is 377 g/mol. The molecule has 0 aliphatic carbocycles. The number of halogens is 2. The molecule has 0 saturated heterocycles. The van der Waals surface area contributed by atoms with Crippen LogP contribution in [0.2, 0.25) is 10.0 Å². The average Bonchev–Trinajstić information content (AvgIpc) is 3.16. The Bertz CT molecular complexity index is 1210. The number of nitriles is 1. The van der Waals surface area contributed by atoms with E-state index in [1.807, 2.05) is 66.7 Å². The van der Waals surface area contributed by atoms with Crippen molar-refractivity contribution in [1.82, 2.24) is 0 Å². The molecule has 0 bridgehead atoms. The van der Waals surface area contributed by atoms with Gasteiger partial charge in [0.2, 0.25) is 0 Å². The zero-order valence-electron chi connectivity index (χ0n) is 14.1. The largest absolute Gasteiger partial charge is 0.457 e. The highest BCUT2D eigenvalue weighted by atomic mass is 35.5. The lowest BCUT2D eigenvalue weighted by Crippen LogP contribution is -1.82. The third kappa shape index (κ3) is 3.48. The second-order valence-electron chi connectivity index (χ2n) is 6.04. The highest BCUT2D eigenvalue weighted by molar-refractivity contribution is 6.43. The van der Waals surface area contributed by atoms with Gasteiger partial charge in [0.15, 0.2) is 0 Å². The lowest BCUT2D eigenvalue weighted by atomic mass is 10.0. The van der Waals surface area contributed by atoms with Gasteiger partial charge in [0, 0.05) is 5.56 Å². The minimum absolute atomic E-state index is 0.444. The summed E-state index contributed by atoms with van der Waals surface area (Å²) < 4.78 is 5.88. The number of nitrogens with zero attached hydrogens (tertiary/aromatic N) is 1. The molecule has 4 rings (SSSR count). The fourth-order valence-electron chi connectivity index (χ4n) is 2.95. The molecule has 27 heavy (non-hydrogen) atoms. The third-order valence-electron chi connectivity index (χ3n) is 4.31. The molecule has 0 atom stereocenters. The van der Waals surface area contributed by atoms with Gasteiger partial charge in [0.25, 0.3) is 0 Å². The van der Waals surface area contributed by atoms with Crippen molar-refractivity contribution in [3.63, 3.8) is 0 Å². The first kappa shape index (κ1) is 17.4. The van der Waals surface area contributed by atoms with Crippen LogP contribution in [0.4, 0.5) is 0 Å². The van der Waals surface area contributed by atoms with Gasteiger partial charge in [-0.25, -0.2) is 0 Å². The maximum Gasteiger partial charge on any atom is 0.136 e. The number of hydrogen-bond acceptors (Lipinski definition) is 2. The van der Waals surface area contributed by atoms with Gasteiger partial charge in [-0.15, -0.1) is 0 Å². The molecule has 0 unspecified atom stereocenters. The Morgan fingerprint density at radius 1 is 0.889 bits per heavy atom. The second kappa shape index (κ2) is 7.32. The third-order valence-corrected chi connectivity index (χ3v) is 5.13. The molecule has 3 aromatic carbocycles. The fourth-order valence-corrected chi connectivity index (χ4v) is 3.34. The number of fused-ring (bicyclic) bond motifs is 1. The Morgan fingerprint density at radius 3 is 2.52 bits per heavy atom. The van der Waals surface area contributed by atoms with Gasteiger partial charge in [-0.2, -0.15) is 5.26 Å². The lowest BCUT2D eigenvalue weighted by Gasteiger charge is -2.03. The highest BCUT2D eigenvalue weighted by Crippen LogP contribution is 2.35. The first-order valence-corrected chi connectivity index (χ1v) is 9.06. The van der Waals surface area contributed by atoms with Crippen LogP contribution in [0.15, 0.2) is 77.2 Å². The summed E-state index contributed by atoms with van der Waals surface area (Å²) in [5.74, 6) is 1.18. The molecule has 0 amide bonds. The quantitative estimate of drug-likeness (QED) is 0.340. The van der Waals surface area contributed by atoms with E-state index in [0.29, 0.717) is 32.7 Å². The second-order valence-corrected chi connectivity index (χ2v) is 6.82. The van der Waals surface area contributed by atoms with Gasteiger partial charge in [-0.3, -0.25) is 0 Å². The van der Waals surface area contributed by atoms with Crippen molar-refractivity contribution in [2.24, 2.45) is 0 Å². The summed E-state index contributed by atoms with van der Waals surface area (Å²) in [6, 6.07) is 25.3. The van der Waals surface area contributed by atoms with Crippen molar-refractivity contribution in [2.45, 2.75) is 0 Å². The summed E-state index contributed by atoms with van der Waals surface area (Å²) in [6.07, 6.45) is 1.73. The molecule has 0 spiro atoms. The first-order chi connectivity index (χ1) is 13.2. The monoisotopic (exact) mass is 389 g/mol. The van der Waals surface area contributed by atoms with Crippen LogP contribution in [0.3, 0.4) is 0 Å². The lowest BCUT2D eigenvalue weighted by molar-refractivity contribution is 0.572. The van der Waals surface area contributed by atoms with E-state index in [2.05, 4.69) is 6.07 Å². The number of hydrogen-bond donors (Lipinski definition) is 0. The normalized spacial score (nSPS) is 11.5. The predicted octanol–water partition coefficient (Wildman–Crippen LogP) is 7.47. The summed E-state index contributed by atoms with van der Waals surface area (Å²) >= 11 is 12.3. The molecule has 2 nitrogen and oxygen atoms in total. The van der Waals surface area contributed by atoms with Crippen molar-refractivity contribution >= 4 is 45.6 Å². The van der Waals surface area contributed by atoms with Gasteiger partial charge in [-0.1, -0.05) is 65.7 Å². The molecule has 0 radical (unpaired) electrons. The van der Waals surface area contributed by atoms with Crippen LogP contribution in [0.25, 0.3) is 33.7 Å². The SMILES string of the molecule is N#CC(=Cc1ccc(-c2cccc(Cl)c2Cl)o1)c1ccc2ccccc2c1. The summed E-state index contributed by atoms with van der Waals surface area (Å²) in [5, 5.41) is 12.8. The Labute approximate surface area is 166 Å². The van der Waals surface area contributed by atoms with Crippen LogP contribution >= 0.6 is 23.2 Å². The molecule has 130 valence electrons. The molecule has 4 heteroatoms. The van der Waals surface area contributed by atoms with E-state index in [4.69, 9.17) is 27.6 Å². The molecular formula is C23H13Cl2NO. The van der Waals surface area contributed by atoms with Crippen LogP contribution in [0, 0.1) is 11.3 Å². The van der Waals surface area contributed by atoms with Crippen molar-refractivity contribution in [3.05, 3.63) is 94.2 Å². The smallest absolute Gasteiger partial charge is 0.136 e. The Kier molecular flexibility index (Phi) is 4.73. The van der Waals surface area contributed by atoms with E-state index in [-0.39, 0.29) is 0 Å². The van der Waals surface area contributed by atoms with E-state index in [1.165, 1.54) is 0 Å². The maximum atomic E-state index is 9.62. The van der Waals surface area contributed by atoms with Crippen molar-refractivity contribution in [2.75, 3.05) is 0 Å². The van der Waals surface area contributed by atoms with Gasteiger partial charge in [-0.05, 0) is 52.7 Å². The summed E-state index contributed by atoms with van der Waals surface area (Å²) in [7, 11) is 0. The van der Waals surface area contributed by atoms with E-state index in [9.17, 15) is 5.26 Å². The van der Waals surface area contributed by atoms with Crippen LogP contribution in [0.5, 0.6) is 0 Å². The zero-order valence-corrected chi connectivity index (χ0v) is 15.6. The molecule has 1 aromatic heterocycles. The van der Waals surface area contributed by atoms with Crippen LogP contribution < -0.4 is 0 Å². The minimum Gasteiger partial charge on any atom is -0.457 e. The number of rotatable bonds is 3. The maximum absolute atomic E-state index is 9.62. The fraction of sp³-hybridized carbons (Fsp3) is 0. The van der Waals surface area contributed by atoms with E-state index < -0.39 is 0 Å². The van der Waals surface area contributed by atoms with Crippen LogP contribution in [0.1, 0.15) is 11.3 Å². The zero-order chi connectivity index (χ0) is 18.8. The summed E-state index contributed by atoms with van der Waals surface area (Å²) in [5.41, 5.74) is 2.09. The summed E-state index contributed by atoms with van der Waals surface area (Å²) in [6.45, 7) is 0. The topological polar surface area (TPSA) is 36.9 Å². The van der Waals surface area contributed by atoms with Crippen molar-refractivity contribution < 1.29 is 4.42 Å². The number of furan rings is 1. The van der Waals surface area contributed by atoms with Gasteiger partial charge >= 0.3 is 0 Å². The van der Waals surface area contributed by atoms with Crippen LogP contribution in [-0.2, 0) is 0 Å². The van der Waals surface area contributed by atoms with E-state index >= 15 is 0 Å². The van der Waals surface area contributed by atoms with E-state index in [1.54, 1.807) is 12.1 Å². The molecule has 1 heterocycles.